The molecule has 9 nitrogen and oxygen atoms in total. The van der Waals surface area contributed by atoms with E-state index in [4.69, 9.17) is 20.8 Å². The van der Waals surface area contributed by atoms with Crippen LogP contribution in [-0.2, 0) is 22.1 Å². The molecule has 4 rings (SSSR count). The van der Waals surface area contributed by atoms with Crippen LogP contribution in [0.3, 0.4) is 0 Å². The van der Waals surface area contributed by atoms with Crippen molar-refractivity contribution in [2.75, 3.05) is 7.05 Å². The summed E-state index contributed by atoms with van der Waals surface area (Å²) in [5.41, 5.74) is 2.50. The number of amides is 2. The van der Waals surface area contributed by atoms with Crippen LogP contribution in [0.5, 0.6) is 0 Å². The summed E-state index contributed by atoms with van der Waals surface area (Å²) < 4.78 is 13.1. The molecule has 1 aliphatic rings. The minimum Gasteiger partial charge on any atom is -0.478 e. The first-order valence-electron chi connectivity index (χ1n) is 16.7. The van der Waals surface area contributed by atoms with Gasteiger partial charge in [0.1, 0.15) is 5.60 Å². The van der Waals surface area contributed by atoms with Gasteiger partial charge in [0.15, 0.2) is 8.32 Å². The number of carbonyl (C=O) groups excluding carboxylic acids is 2. The van der Waals surface area contributed by atoms with Crippen LogP contribution in [0.2, 0.25) is 23.2 Å². The molecule has 1 saturated heterocycles. The third kappa shape index (κ3) is 9.71. The smallest absolute Gasteiger partial charge is 0.410 e. The SMILES string of the molecule is CN(Cc1cncc(C(=O)O)c1)C(=O)c1ccc(C[C@@H]2CC[C@H]([C@H](O[Si](C)(C)C(C)(C)C)c3ccc(Cl)cc3)N2C(=O)OC(C)(C)C)cc1. The number of carbonyl (C=O) groups is 3. The Bertz CT molecular complexity index is 1630. The summed E-state index contributed by atoms with van der Waals surface area (Å²) in [7, 11) is -0.605. The lowest BCUT2D eigenvalue weighted by molar-refractivity contribution is -0.00240. The molecule has 2 aromatic carbocycles. The van der Waals surface area contributed by atoms with Crippen molar-refractivity contribution in [3.8, 4) is 0 Å². The van der Waals surface area contributed by atoms with Crippen LogP contribution >= 0.6 is 11.6 Å². The predicted octanol–water partition coefficient (Wildman–Crippen LogP) is 8.78. The van der Waals surface area contributed by atoms with Crippen LogP contribution in [0, 0.1) is 0 Å². The van der Waals surface area contributed by atoms with E-state index in [-0.39, 0.29) is 47.3 Å². The Balaban J connectivity index is 1.58. The molecule has 2 heterocycles. The fraction of sp³-hybridized carbons (Fsp3) is 0.474. The van der Waals surface area contributed by atoms with Crippen LogP contribution in [0.25, 0.3) is 0 Å². The van der Waals surface area contributed by atoms with Gasteiger partial charge < -0.3 is 19.2 Å². The van der Waals surface area contributed by atoms with E-state index in [2.05, 4.69) is 38.8 Å². The van der Waals surface area contributed by atoms with Gasteiger partial charge in [-0.2, -0.15) is 0 Å². The average Bonchev–Trinajstić information content (AvgIpc) is 3.42. The van der Waals surface area contributed by atoms with E-state index in [9.17, 15) is 19.5 Å². The third-order valence-electron chi connectivity index (χ3n) is 9.41. The summed E-state index contributed by atoms with van der Waals surface area (Å²) in [6.45, 7) is 16.9. The van der Waals surface area contributed by atoms with Crippen molar-refractivity contribution >= 4 is 37.9 Å². The van der Waals surface area contributed by atoms with Gasteiger partial charge >= 0.3 is 12.1 Å². The zero-order valence-electron chi connectivity index (χ0n) is 30.1. The van der Waals surface area contributed by atoms with E-state index >= 15 is 0 Å². The zero-order valence-corrected chi connectivity index (χ0v) is 31.9. The first-order valence-corrected chi connectivity index (χ1v) is 20.0. The molecule has 11 heteroatoms. The maximum absolute atomic E-state index is 14.0. The number of carboxylic acids is 1. The molecule has 0 spiro atoms. The van der Waals surface area contributed by atoms with E-state index < -0.39 is 19.9 Å². The Kier molecular flexibility index (Phi) is 11.7. The quantitative estimate of drug-likeness (QED) is 0.210. The molecule has 1 fully saturated rings. The lowest BCUT2D eigenvalue weighted by Gasteiger charge is -2.43. The molecule has 3 aromatic rings. The van der Waals surface area contributed by atoms with E-state index in [0.717, 1.165) is 24.0 Å². The normalized spacial score (nSPS) is 17.5. The molecule has 264 valence electrons. The highest BCUT2D eigenvalue weighted by molar-refractivity contribution is 6.74. The van der Waals surface area contributed by atoms with E-state index in [1.54, 1.807) is 25.4 Å². The number of nitrogens with zero attached hydrogens (tertiary/aromatic N) is 3. The molecule has 49 heavy (non-hydrogen) atoms. The van der Waals surface area contributed by atoms with Crippen molar-refractivity contribution in [3.05, 3.63) is 99.8 Å². The summed E-state index contributed by atoms with van der Waals surface area (Å²) in [5.74, 6) is -1.27. The highest BCUT2D eigenvalue weighted by atomic mass is 35.5. The Morgan fingerprint density at radius 3 is 2.16 bits per heavy atom. The number of aromatic carboxylic acids is 1. The number of aromatic nitrogens is 1. The van der Waals surface area contributed by atoms with Crippen molar-refractivity contribution in [2.24, 2.45) is 0 Å². The lowest BCUT2D eigenvalue weighted by Crippen LogP contribution is -2.50. The Hall–Kier alpha value is -3.73. The molecule has 3 atom stereocenters. The largest absolute Gasteiger partial charge is 0.478 e. The van der Waals surface area contributed by atoms with Crippen molar-refractivity contribution in [1.29, 1.82) is 0 Å². The van der Waals surface area contributed by atoms with Gasteiger partial charge in [-0.1, -0.05) is 56.6 Å². The first kappa shape index (κ1) is 38.1. The summed E-state index contributed by atoms with van der Waals surface area (Å²) in [5, 5.41) is 9.87. The zero-order chi connectivity index (χ0) is 36.3. The molecule has 2 amide bonds. The second-order valence-corrected chi connectivity index (χ2v) is 20.7. The van der Waals surface area contributed by atoms with Gasteiger partial charge in [-0.15, -0.1) is 0 Å². The molecule has 1 aromatic heterocycles. The molecule has 0 unspecified atom stereocenters. The van der Waals surface area contributed by atoms with Crippen molar-refractivity contribution < 1.29 is 28.7 Å². The molecule has 1 N–H and O–H groups in total. The molecule has 0 bridgehead atoms. The third-order valence-corrected chi connectivity index (χ3v) is 14.1. The van der Waals surface area contributed by atoms with Crippen LogP contribution in [-0.4, -0.2) is 70.9 Å². The number of likely N-dealkylation sites (tertiary alicyclic amines) is 1. The second kappa shape index (κ2) is 15.0. The number of hydrogen-bond acceptors (Lipinski definition) is 6. The number of benzene rings is 2. The van der Waals surface area contributed by atoms with Gasteiger partial charge in [0, 0.05) is 42.6 Å². The maximum Gasteiger partial charge on any atom is 0.410 e. The minimum atomic E-state index is -2.28. The van der Waals surface area contributed by atoms with Crippen LogP contribution < -0.4 is 0 Å². The fourth-order valence-corrected chi connectivity index (χ4v) is 7.24. The summed E-state index contributed by atoms with van der Waals surface area (Å²) in [4.78, 5) is 46.0. The van der Waals surface area contributed by atoms with Gasteiger partial charge in [0.05, 0.1) is 17.7 Å². The van der Waals surface area contributed by atoms with Crippen molar-refractivity contribution in [1.82, 2.24) is 14.8 Å². The number of pyridine rings is 1. The van der Waals surface area contributed by atoms with Crippen LogP contribution in [0.4, 0.5) is 4.79 Å². The first-order chi connectivity index (χ1) is 22.8. The van der Waals surface area contributed by atoms with Gasteiger partial charge in [0.2, 0.25) is 0 Å². The molecular formula is C38H50ClN3O6Si. The van der Waals surface area contributed by atoms with Gasteiger partial charge in [-0.05, 0) is 105 Å². The van der Waals surface area contributed by atoms with E-state index in [0.29, 0.717) is 22.6 Å². The lowest BCUT2D eigenvalue weighted by atomic mass is 10.0. The topological polar surface area (TPSA) is 109 Å². The number of ether oxygens (including phenoxy) is 1. The number of rotatable bonds is 10. The minimum absolute atomic E-state index is 0.0426. The molecular weight excluding hydrogens is 658 g/mol. The predicted molar refractivity (Wildman–Crippen MR) is 194 cm³/mol. The highest BCUT2D eigenvalue weighted by Crippen LogP contribution is 2.44. The number of halogens is 1. The average molecular weight is 708 g/mol. The van der Waals surface area contributed by atoms with Crippen molar-refractivity contribution in [3.63, 3.8) is 0 Å². The number of carboxylic acid groups (broad SMARTS) is 1. The Morgan fingerprint density at radius 1 is 0.959 bits per heavy atom. The Morgan fingerprint density at radius 2 is 1.59 bits per heavy atom. The fourth-order valence-electron chi connectivity index (χ4n) is 5.84. The standard InChI is InChI=1S/C38H50ClN3O6Si/c1-37(2,3)47-36(46)42-31(18-19-32(42)33(27-14-16-30(39)17-15-27)48-49(8,9)38(4,5)6)21-25-10-12-28(13-11-25)34(43)41(7)24-26-20-29(35(44)45)23-40-22-26/h10-17,20,22-23,31-33H,18-19,21,24H2,1-9H3,(H,44,45)/t31-,32+,33+/m0/s1. The Labute approximate surface area is 296 Å². The second-order valence-electron chi connectivity index (χ2n) is 15.5. The maximum atomic E-state index is 14.0. The molecule has 0 saturated carbocycles. The van der Waals surface area contributed by atoms with Crippen LogP contribution in [0.15, 0.2) is 67.0 Å². The highest BCUT2D eigenvalue weighted by Gasteiger charge is 2.47. The number of hydrogen-bond donors (Lipinski definition) is 1. The van der Waals surface area contributed by atoms with E-state index in [1.807, 2.05) is 62.1 Å². The summed E-state index contributed by atoms with van der Waals surface area (Å²) in [6.07, 6.45) is 4.19. The van der Waals surface area contributed by atoms with Gasteiger partial charge in [0.25, 0.3) is 5.91 Å². The van der Waals surface area contributed by atoms with Gasteiger partial charge in [-0.3, -0.25) is 14.7 Å². The molecule has 0 aliphatic carbocycles. The molecule has 1 aliphatic heterocycles. The van der Waals surface area contributed by atoms with Crippen molar-refractivity contribution in [2.45, 2.75) is 109 Å². The monoisotopic (exact) mass is 707 g/mol. The summed E-state index contributed by atoms with van der Waals surface area (Å²) in [6, 6.07) is 16.3. The summed E-state index contributed by atoms with van der Waals surface area (Å²) >= 11 is 6.28. The van der Waals surface area contributed by atoms with Crippen LogP contribution in [0.1, 0.15) is 97.9 Å². The van der Waals surface area contributed by atoms with E-state index in [1.165, 1.54) is 17.2 Å². The van der Waals surface area contributed by atoms with Gasteiger partial charge in [-0.25, -0.2) is 9.59 Å². The molecule has 0 radical (unpaired) electrons.